The molecule has 0 aromatic carbocycles. The second kappa shape index (κ2) is 5.02. The summed E-state index contributed by atoms with van der Waals surface area (Å²) < 4.78 is 22.6. The highest BCUT2D eigenvalue weighted by Gasteiger charge is 2.30. The number of sulfone groups is 1. The van der Waals surface area contributed by atoms with Gasteiger partial charge in [0.1, 0.15) is 0 Å². The zero-order valence-corrected chi connectivity index (χ0v) is 10.4. The van der Waals surface area contributed by atoms with Crippen LogP contribution in [-0.2, 0) is 9.84 Å². The van der Waals surface area contributed by atoms with E-state index in [4.69, 9.17) is 0 Å². The summed E-state index contributed by atoms with van der Waals surface area (Å²) >= 11 is 0. The molecular formula is C11H21NO3S. The van der Waals surface area contributed by atoms with E-state index in [1.54, 1.807) is 0 Å². The maximum Gasteiger partial charge on any atom is 0.151 e. The third-order valence-corrected chi connectivity index (χ3v) is 5.72. The Morgan fingerprint density at radius 2 is 1.94 bits per heavy atom. The van der Waals surface area contributed by atoms with Gasteiger partial charge in [-0.25, -0.2) is 8.42 Å². The van der Waals surface area contributed by atoms with Crippen molar-refractivity contribution in [3.8, 4) is 0 Å². The first-order chi connectivity index (χ1) is 7.61. The maximum atomic E-state index is 11.3. The molecule has 0 bridgehead atoms. The van der Waals surface area contributed by atoms with Crippen molar-refractivity contribution in [2.24, 2.45) is 11.8 Å². The molecule has 2 N–H and O–H groups in total. The summed E-state index contributed by atoms with van der Waals surface area (Å²) in [4.78, 5) is 0. The van der Waals surface area contributed by atoms with Crippen LogP contribution in [0.5, 0.6) is 0 Å². The fourth-order valence-electron chi connectivity index (χ4n) is 2.90. The molecule has 1 aliphatic heterocycles. The number of hydrogen-bond acceptors (Lipinski definition) is 4. The van der Waals surface area contributed by atoms with E-state index in [1.165, 1.54) is 6.42 Å². The Bertz CT molecular complexity index is 328. The van der Waals surface area contributed by atoms with E-state index in [1.807, 2.05) is 0 Å². The normalized spacial score (nSPS) is 37.9. The Balaban J connectivity index is 1.76. The highest BCUT2D eigenvalue weighted by Crippen LogP contribution is 2.30. The highest BCUT2D eigenvalue weighted by atomic mass is 32.2. The minimum Gasteiger partial charge on any atom is -0.396 e. The third-order valence-electron chi connectivity index (χ3n) is 3.95. The summed E-state index contributed by atoms with van der Waals surface area (Å²) in [6.07, 6.45) is 4.23. The molecule has 2 fully saturated rings. The summed E-state index contributed by atoms with van der Waals surface area (Å²) in [6.45, 7) is 1.14. The van der Waals surface area contributed by atoms with Gasteiger partial charge in [0, 0.05) is 12.6 Å². The molecule has 0 aromatic rings. The molecule has 16 heavy (non-hydrogen) atoms. The van der Waals surface area contributed by atoms with E-state index in [-0.39, 0.29) is 12.6 Å². The molecule has 0 aromatic heterocycles. The molecule has 1 saturated heterocycles. The predicted octanol–water partition coefficient (Wildman–Crippen LogP) is 0.172. The average molecular weight is 247 g/mol. The van der Waals surface area contributed by atoms with Crippen LogP contribution in [-0.4, -0.2) is 44.2 Å². The van der Waals surface area contributed by atoms with Gasteiger partial charge in [-0.1, -0.05) is 6.42 Å². The summed E-state index contributed by atoms with van der Waals surface area (Å²) in [5.41, 5.74) is 0. The lowest BCUT2D eigenvalue weighted by molar-refractivity contribution is 0.190. The summed E-state index contributed by atoms with van der Waals surface area (Å²) in [5.74, 6) is 1.58. The first-order valence-electron chi connectivity index (χ1n) is 6.15. The van der Waals surface area contributed by atoms with Gasteiger partial charge in [-0.05, 0) is 37.6 Å². The standard InChI is InChI=1S/C11H21NO3S/c13-7-10-3-1-2-9(10)6-12-11-4-5-16(14,15)8-11/h9-13H,1-8H2. The van der Waals surface area contributed by atoms with Gasteiger partial charge in [-0.2, -0.15) is 0 Å². The zero-order valence-electron chi connectivity index (χ0n) is 9.56. The fourth-order valence-corrected chi connectivity index (χ4v) is 4.60. The van der Waals surface area contributed by atoms with E-state index in [0.717, 1.165) is 25.8 Å². The molecule has 1 saturated carbocycles. The van der Waals surface area contributed by atoms with Gasteiger partial charge in [-0.15, -0.1) is 0 Å². The first-order valence-corrected chi connectivity index (χ1v) is 7.97. The van der Waals surface area contributed by atoms with Crippen LogP contribution in [0.25, 0.3) is 0 Å². The van der Waals surface area contributed by atoms with Crippen LogP contribution in [0, 0.1) is 11.8 Å². The summed E-state index contributed by atoms with van der Waals surface area (Å²) in [7, 11) is -2.77. The lowest BCUT2D eigenvalue weighted by Crippen LogP contribution is -2.35. The summed E-state index contributed by atoms with van der Waals surface area (Å²) in [6, 6.07) is 0.143. The number of rotatable bonds is 4. The monoisotopic (exact) mass is 247 g/mol. The minimum atomic E-state index is -2.77. The molecule has 1 heterocycles. The van der Waals surface area contributed by atoms with E-state index < -0.39 is 9.84 Å². The van der Waals surface area contributed by atoms with Gasteiger partial charge < -0.3 is 10.4 Å². The van der Waals surface area contributed by atoms with Crippen LogP contribution in [0.3, 0.4) is 0 Å². The van der Waals surface area contributed by atoms with Crippen molar-refractivity contribution >= 4 is 9.84 Å². The molecule has 2 rings (SSSR count). The van der Waals surface area contributed by atoms with E-state index in [0.29, 0.717) is 23.3 Å². The van der Waals surface area contributed by atoms with E-state index in [9.17, 15) is 13.5 Å². The molecule has 3 atom stereocenters. The van der Waals surface area contributed by atoms with E-state index >= 15 is 0 Å². The van der Waals surface area contributed by atoms with Gasteiger partial charge in [0.25, 0.3) is 0 Å². The quantitative estimate of drug-likeness (QED) is 0.743. The Labute approximate surface area is 97.3 Å². The largest absolute Gasteiger partial charge is 0.396 e. The van der Waals surface area contributed by atoms with Crippen LogP contribution in [0.4, 0.5) is 0 Å². The van der Waals surface area contributed by atoms with Gasteiger partial charge in [0.05, 0.1) is 11.5 Å². The predicted molar refractivity (Wildman–Crippen MR) is 63.0 cm³/mol. The van der Waals surface area contributed by atoms with Crippen molar-refractivity contribution in [2.45, 2.75) is 31.7 Å². The van der Waals surface area contributed by atoms with Crippen LogP contribution in [0.2, 0.25) is 0 Å². The van der Waals surface area contributed by atoms with Gasteiger partial charge >= 0.3 is 0 Å². The Morgan fingerprint density at radius 3 is 2.56 bits per heavy atom. The van der Waals surface area contributed by atoms with Crippen LogP contribution in [0.1, 0.15) is 25.7 Å². The summed E-state index contributed by atoms with van der Waals surface area (Å²) in [5, 5.41) is 12.5. The van der Waals surface area contributed by atoms with Crippen molar-refractivity contribution in [1.29, 1.82) is 0 Å². The second-order valence-corrected chi connectivity index (χ2v) is 7.37. The molecule has 4 nitrogen and oxygen atoms in total. The van der Waals surface area contributed by atoms with Crippen molar-refractivity contribution in [3.63, 3.8) is 0 Å². The smallest absolute Gasteiger partial charge is 0.151 e. The van der Waals surface area contributed by atoms with E-state index in [2.05, 4.69) is 5.32 Å². The topological polar surface area (TPSA) is 66.4 Å². The lowest BCUT2D eigenvalue weighted by Gasteiger charge is -2.20. The second-order valence-electron chi connectivity index (χ2n) is 5.14. The van der Waals surface area contributed by atoms with Crippen LogP contribution >= 0.6 is 0 Å². The van der Waals surface area contributed by atoms with Gasteiger partial charge in [0.15, 0.2) is 9.84 Å². The molecular weight excluding hydrogens is 226 g/mol. The van der Waals surface area contributed by atoms with Crippen LogP contribution in [0.15, 0.2) is 0 Å². The van der Waals surface area contributed by atoms with Crippen molar-refractivity contribution in [1.82, 2.24) is 5.32 Å². The number of aliphatic hydroxyl groups excluding tert-OH is 1. The Kier molecular flexibility index (Phi) is 3.87. The average Bonchev–Trinajstić information content (AvgIpc) is 2.81. The molecule has 94 valence electrons. The van der Waals surface area contributed by atoms with Crippen molar-refractivity contribution in [3.05, 3.63) is 0 Å². The zero-order chi connectivity index (χ0) is 11.6. The van der Waals surface area contributed by atoms with Gasteiger partial charge in [0.2, 0.25) is 0 Å². The van der Waals surface area contributed by atoms with Gasteiger partial charge in [-0.3, -0.25) is 0 Å². The van der Waals surface area contributed by atoms with Crippen molar-refractivity contribution in [2.75, 3.05) is 24.7 Å². The lowest BCUT2D eigenvalue weighted by atomic mass is 9.96. The first kappa shape index (κ1) is 12.3. The fraction of sp³-hybridized carbons (Fsp3) is 1.00. The molecule has 1 aliphatic carbocycles. The maximum absolute atomic E-state index is 11.3. The molecule has 0 radical (unpaired) electrons. The highest BCUT2D eigenvalue weighted by molar-refractivity contribution is 7.91. The number of nitrogens with one attached hydrogen (secondary N) is 1. The SMILES string of the molecule is O=S1(=O)CCC(NCC2CCCC2CO)C1. The molecule has 5 heteroatoms. The molecule has 0 spiro atoms. The Morgan fingerprint density at radius 1 is 1.19 bits per heavy atom. The van der Waals surface area contributed by atoms with Crippen LogP contribution < -0.4 is 5.32 Å². The molecule has 3 unspecified atom stereocenters. The Hall–Kier alpha value is -0.130. The minimum absolute atomic E-state index is 0.143. The third kappa shape index (κ3) is 2.96. The molecule has 2 aliphatic rings. The number of hydrogen-bond donors (Lipinski definition) is 2. The van der Waals surface area contributed by atoms with Crippen molar-refractivity contribution < 1.29 is 13.5 Å². The number of aliphatic hydroxyl groups is 1. The molecule has 0 amide bonds.